The highest BCUT2D eigenvalue weighted by Gasteiger charge is 2.26. The summed E-state index contributed by atoms with van der Waals surface area (Å²) in [6, 6.07) is 15.9. The van der Waals surface area contributed by atoms with Gasteiger partial charge in [0.2, 0.25) is 0 Å². The maximum Gasteiger partial charge on any atom is 0.120 e. The van der Waals surface area contributed by atoms with Gasteiger partial charge in [-0.15, -0.1) is 0 Å². The molecule has 0 radical (unpaired) electrons. The highest BCUT2D eigenvalue weighted by Crippen LogP contribution is 2.35. The molecule has 0 fully saturated rings. The minimum absolute atomic E-state index is 0.574. The third kappa shape index (κ3) is 3.37. The number of hydrogen-bond donors (Lipinski definition) is 0. The molecule has 27 heavy (non-hydrogen) atoms. The van der Waals surface area contributed by atoms with Gasteiger partial charge in [-0.2, -0.15) is 0 Å². The van der Waals surface area contributed by atoms with E-state index in [0.29, 0.717) is 12.6 Å². The van der Waals surface area contributed by atoms with Crippen LogP contribution in [0.25, 0.3) is 10.9 Å². The zero-order valence-electron chi connectivity index (χ0n) is 17.0. The van der Waals surface area contributed by atoms with Gasteiger partial charge in [0.05, 0.1) is 6.61 Å². The first kappa shape index (κ1) is 18.1. The van der Waals surface area contributed by atoms with E-state index in [1.54, 1.807) is 0 Å². The number of aromatic nitrogens is 1. The summed E-state index contributed by atoms with van der Waals surface area (Å²) < 4.78 is 8.35. The number of nitrogens with zero attached hydrogens (tertiary/aromatic N) is 2. The number of aryl methyl sites for hydroxylation is 3. The molecule has 1 aliphatic heterocycles. The van der Waals surface area contributed by atoms with Gasteiger partial charge in [0, 0.05) is 42.1 Å². The van der Waals surface area contributed by atoms with Gasteiger partial charge in [0.25, 0.3) is 0 Å². The molecule has 0 aliphatic carbocycles. The molecule has 0 saturated carbocycles. The molecule has 3 aromatic rings. The van der Waals surface area contributed by atoms with Crippen molar-refractivity contribution in [1.82, 2.24) is 9.47 Å². The molecule has 4 rings (SSSR count). The van der Waals surface area contributed by atoms with Crippen molar-refractivity contribution < 1.29 is 4.74 Å². The molecule has 142 valence electrons. The fraction of sp³-hybridized carbons (Fsp3) is 0.417. The van der Waals surface area contributed by atoms with Crippen molar-refractivity contribution in [1.29, 1.82) is 0 Å². The zero-order valence-corrected chi connectivity index (χ0v) is 17.0. The molecule has 2 aromatic carbocycles. The van der Waals surface area contributed by atoms with Crippen molar-refractivity contribution >= 4 is 10.9 Å². The van der Waals surface area contributed by atoms with E-state index < -0.39 is 0 Å². The molecular formula is C24H30N2O. The lowest BCUT2D eigenvalue weighted by molar-refractivity contribution is 0.228. The third-order valence-electron chi connectivity index (χ3n) is 6.08. The third-order valence-corrected chi connectivity index (χ3v) is 6.08. The standard InChI is InChI=1S/C24H30N2O/c1-5-27-20-10-11-23-21(15-20)22-16-25(4)18(3)14-24(22)26(23)13-12-19-9-7-6-8-17(19)2/h6-11,15,18H,5,12-14,16H2,1-4H3. The average molecular weight is 363 g/mol. The predicted molar refractivity (Wildman–Crippen MR) is 113 cm³/mol. The monoisotopic (exact) mass is 362 g/mol. The van der Waals surface area contributed by atoms with Crippen LogP contribution >= 0.6 is 0 Å². The molecule has 0 amide bonds. The van der Waals surface area contributed by atoms with Gasteiger partial charge in [0.1, 0.15) is 5.75 Å². The lowest BCUT2D eigenvalue weighted by Gasteiger charge is -2.31. The molecule has 2 heterocycles. The summed E-state index contributed by atoms with van der Waals surface area (Å²) in [6.07, 6.45) is 2.18. The zero-order chi connectivity index (χ0) is 19.0. The fourth-order valence-corrected chi connectivity index (χ4v) is 4.34. The molecule has 1 atom stereocenters. The Balaban J connectivity index is 1.77. The minimum atomic E-state index is 0.574. The van der Waals surface area contributed by atoms with Gasteiger partial charge in [-0.3, -0.25) is 4.90 Å². The minimum Gasteiger partial charge on any atom is -0.494 e. The van der Waals surface area contributed by atoms with Crippen LogP contribution in [0.4, 0.5) is 0 Å². The van der Waals surface area contributed by atoms with Crippen LogP contribution in [0.5, 0.6) is 5.75 Å². The summed E-state index contributed by atoms with van der Waals surface area (Å²) >= 11 is 0. The first-order valence-corrected chi connectivity index (χ1v) is 10.1. The number of fused-ring (bicyclic) bond motifs is 3. The van der Waals surface area contributed by atoms with E-state index in [0.717, 1.165) is 31.7 Å². The molecular weight excluding hydrogens is 332 g/mol. The van der Waals surface area contributed by atoms with Crippen LogP contribution in [-0.2, 0) is 25.9 Å². The molecule has 3 heteroatoms. The van der Waals surface area contributed by atoms with Crippen molar-refractivity contribution in [2.75, 3.05) is 13.7 Å². The van der Waals surface area contributed by atoms with E-state index in [9.17, 15) is 0 Å². The SMILES string of the molecule is CCOc1ccc2c(c1)c1c(n2CCc2ccccc2C)CC(C)N(C)C1. The molecule has 1 aromatic heterocycles. The van der Waals surface area contributed by atoms with Gasteiger partial charge in [-0.1, -0.05) is 24.3 Å². The highest BCUT2D eigenvalue weighted by atomic mass is 16.5. The van der Waals surface area contributed by atoms with Crippen molar-refractivity contribution in [3.8, 4) is 5.75 Å². The Kier molecular flexibility index (Phi) is 4.96. The molecule has 0 bridgehead atoms. The van der Waals surface area contributed by atoms with Crippen LogP contribution in [0, 0.1) is 6.92 Å². The Morgan fingerprint density at radius 3 is 2.74 bits per heavy atom. The second kappa shape index (κ2) is 7.40. The average Bonchev–Trinajstić information content (AvgIpc) is 2.94. The first-order valence-electron chi connectivity index (χ1n) is 10.1. The Morgan fingerprint density at radius 2 is 1.96 bits per heavy atom. The van der Waals surface area contributed by atoms with Gasteiger partial charge in [-0.25, -0.2) is 0 Å². The molecule has 0 saturated heterocycles. The van der Waals surface area contributed by atoms with Crippen LogP contribution in [0.15, 0.2) is 42.5 Å². The van der Waals surface area contributed by atoms with Gasteiger partial charge in [-0.05, 0) is 69.1 Å². The van der Waals surface area contributed by atoms with E-state index in [2.05, 4.69) is 72.8 Å². The summed E-state index contributed by atoms with van der Waals surface area (Å²) in [6.45, 7) is 9.34. The number of rotatable bonds is 5. The van der Waals surface area contributed by atoms with E-state index in [-0.39, 0.29) is 0 Å². The van der Waals surface area contributed by atoms with E-state index in [4.69, 9.17) is 4.74 Å². The second-order valence-electron chi connectivity index (χ2n) is 7.83. The lowest BCUT2D eigenvalue weighted by atomic mass is 10.00. The quantitative estimate of drug-likeness (QED) is 0.638. The van der Waals surface area contributed by atoms with Gasteiger partial charge >= 0.3 is 0 Å². The smallest absolute Gasteiger partial charge is 0.120 e. The molecule has 1 aliphatic rings. The number of likely N-dealkylation sites (N-methyl/N-ethyl adjacent to an activating group) is 1. The number of hydrogen-bond acceptors (Lipinski definition) is 2. The van der Waals surface area contributed by atoms with E-state index in [1.807, 2.05) is 6.92 Å². The van der Waals surface area contributed by atoms with Crippen LogP contribution in [0.3, 0.4) is 0 Å². The van der Waals surface area contributed by atoms with E-state index in [1.165, 1.54) is 33.3 Å². The van der Waals surface area contributed by atoms with Crippen molar-refractivity contribution in [2.24, 2.45) is 0 Å². The maximum atomic E-state index is 5.78. The van der Waals surface area contributed by atoms with Crippen LogP contribution < -0.4 is 4.74 Å². The van der Waals surface area contributed by atoms with Crippen molar-refractivity contribution in [2.45, 2.75) is 52.7 Å². The highest BCUT2D eigenvalue weighted by molar-refractivity contribution is 5.87. The number of ether oxygens (including phenoxy) is 1. The summed E-state index contributed by atoms with van der Waals surface area (Å²) in [4.78, 5) is 2.46. The van der Waals surface area contributed by atoms with Gasteiger partial charge < -0.3 is 9.30 Å². The van der Waals surface area contributed by atoms with Crippen LogP contribution in [-0.4, -0.2) is 29.2 Å². The summed E-state index contributed by atoms with van der Waals surface area (Å²) in [5.74, 6) is 0.977. The maximum absolute atomic E-state index is 5.78. The Hall–Kier alpha value is -2.26. The van der Waals surface area contributed by atoms with Gasteiger partial charge in [0.15, 0.2) is 0 Å². The second-order valence-corrected chi connectivity index (χ2v) is 7.83. The largest absolute Gasteiger partial charge is 0.494 e. The summed E-state index contributed by atoms with van der Waals surface area (Å²) in [7, 11) is 2.23. The molecule has 1 unspecified atom stereocenters. The van der Waals surface area contributed by atoms with Crippen LogP contribution in [0.1, 0.15) is 36.2 Å². The Morgan fingerprint density at radius 1 is 1.15 bits per heavy atom. The molecule has 0 spiro atoms. The lowest BCUT2D eigenvalue weighted by Crippen LogP contribution is -2.35. The molecule has 0 N–H and O–H groups in total. The summed E-state index contributed by atoms with van der Waals surface area (Å²) in [5, 5.41) is 1.36. The van der Waals surface area contributed by atoms with Crippen LogP contribution in [0.2, 0.25) is 0 Å². The van der Waals surface area contributed by atoms with Crippen molar-refractivity contribution in [3.63, 3.8) is 0 Å². The summed E-state index contributed by atoms with van der Waals surface area (Å²) in [5.41, 5.74) is 7.17. The number of benzene rings is 2. The first-order chi connectivity index (χ1) is 13.1. The molecule has 3 nitrogen and oxygen atoms in total. The fourth-order valence-electron chi connectivity index (χ4n) is 4.34. The van der Waals surface area contributed by atoms with E-state index >= 15 is 0 Å². The topological polar surface area (TPSA) is 17.4 Å². The predicted octanol–water partition coefficient (Wildman–Crippen LogP) is 4.97. The normalized spacial score (nSPS) is 17.3. The van der Waals surface area contributed by atoms with Crippen molar-refractivity contribution in [3.05, 3.63) is 64.8 Å². The Labute approximate surface area is 162 Å². The Bertz CT molecular complexity index is 956.